The molecule has 0 bridgehead atoms. The molecule has 0 unspecified atom stereocenters. The summed E-state index contributed by atoms with van der Waals surface area (Å²) in [7, 11) is -2.47. The Morgan fingerprint density at radius 2 is 0.840 bits per heavy atom. The molecule has 3 rings (SSSR count). The van der Waals surface area contributed by atoms with E-state index >= 15 is 0 Å². The minimum absolute atomic E-state index is 1.10. The van der Waals surface area contributed by atoms with E-state index in [9.17, 15) is 0 Å². The van der Waals surface area contributed by atoms with Crippen molar-refractivity contribution in [2.75, 3.05) is 32.3 Å². The van der Waals surface area contributed by atoms with Gasteiger partial charge in [0.25, 0.3) is 0 Å². The topological polar surface area (TPSA) is 0 Å². The predicted octanol–water partition coefficient (Wildman–Crippen LogP) is 4.89. The van der Waals surface area contributed by atoms with Crippen molar-refractivity contribution in [1.29, 1.82) is 0 Å². The van der Waals surface area contributed by atoms with Crippen LogP contribution in [0.5, 0.6) is 0 Å². The zero-order valence-corrected chi connectivity index (χ0v) is 17.3. The highest BCUT2D eigenvalue weighted by atomic mass is 31.2. The van der Waals surface area contributed by atoms with Crippen molar-refractivity contribution in [3.63, 3.8) is 0 Å². The molecule has 128 valence electrons. The molecule has 0 spiro atoms. The van der Waals surface area contributed by atoms with Crippen LogP contribution >= 0.6 is 14.5 Å². The Morgan fingerprint density at radius 3 is 1.24 bits per heavy atom. The third kappa shape index (κ3) is 4.20. The Morgan fingerprint density at radius 1 is 0.480 bits per heavy atom. The summed E-state index contributed by atoms with van der Waals surface area (Å²) in [5.74, 6) is 0. The summed E-state index contributed by atoms with van der Waals surface area (Å²) in [6.45, 7) is 7.49. The lowest BCUT2D eigenvalue weighted by Crippen LogP contribution is -2.27. The minimum atomic E-state index is -1.36. The zero-order valence-electron chi connectivity index (χ0n) is 15.5. The molecule has 0 amide bonds. The molecule has 0 aliphatic heterocycles. The lowest BCUT2D eigenvalue weighted by molar-refractivity contribution is 1.46. The molecule has 3 aromatic rings. The first kappa shape index (κ1) is 18.3. The van der Waals surface area contributed by atoms with Gasteiger partial charge in [0, 0.05) is 7.26 Å². The quantitative estimate of drug-likeness (QED) is 0.545. The molecular weight excluding hydrogens is 338 g/mol. The fourth-order valence-electron chi connectivity index (χ4n) is 3.33. The number of hydrogen-bond donors (Lipinski definition) is 0. The maximum atomic E-state index is 2.52. The highest BCUT2D eigenvalue weighted by Gasteiger charge is 2.41. The van der Waals surface area contributed by atoms with Gasteiger partial charge in [-0.1, -0.05) is 54.6 Å². The smallest absolute Gasteiger partial charge is 0.0620 e. The maximum Gasteiger partial charge on any atom is 0.102 e. The molecule has 0 atom stereocenters. The monoisotopic (exact) mass is 366 g/mol. The Bertz CT molecular complexity index is 741. The van der Waals surface area contributed by atoms with E-state index in [4.69, 9.17) is 0 Å². The summed E-state index contributed by atoms with van der Waals surface area (Å²) in [6.07, 6.45) is 2.57. The van der Waals surface area contributed by atoms with Crippen LogP contribution in [0.2, 0.25) is 0 Å². The molecule has 0 aliphatic rings. The first-order valence-corrected chi connectivity index (χ1v) is 14.2. The van der Waals surface area contributed by atoms with Crippen molar-refractivity contribution in [3.8, 4) is 0 Å². The van der Waals surface area contributed by atoms with Gasteiger partial charge in [-0.2, -0.15) is 0 Å². The summed E-state index contributed by atoms with van der Waals surface area (Å²) >= 11 is 0. The van der Waals surface area contributed by atoms with Gasteiger partial charge in [0.2, 0.25) is 0 Å². The van der Waals surface area contributed by atoms with E-state index in [2.05, 4.69) is 111 Å². The maximum absolute atomic E-state index is 2.52. The Balaban J connectivity index is 1.92. The van der Waals surface area contributed by atoms with Gasteiger partial charge in [-0.15, -0.1) is 0 Å². The molecule has 0 fully saturated rings. The van der Waals surface area contributed by atoms with Crippen molar-refractivity contribution in [1.82, 2.24) is 0 Å². The molecule has 3 aromatic carbocycles. The summed E-state index contributed by atoms with van der Waals surface area (Å²) in [5, 5.41) is 4.59. The molecule has 0 saturated heterocycles. The third-order valence-corrected chi connectivity index (χ3v) is 12.6. The predicted molar refractivity (Wildman–Crippen MR) is 120 cm³/mol. The lowest BCUT2D eigenvalue weighted by Gasteiger charge is -2.26. The van der Waals surface area contributed by atoms with E-state index in [1.807, 2.05) is 0 Å². The van der Waals surface area contributed by atoms with Gasteiger partial charge in [0.15, 0.2) is 0 Å². The van der Waals surface area contributed by atoms with Gasteiger partial charge in [-0.05, 0) is 36.4 Å². The minimum Gasteiger partial charge on any atom is -0.0620 e. The summed E-state index contributed by atoms with van der Waals surface area (Å²) in [4.78, 5) is 0. The van der Waals surface area contributed by atoms with Gasteiger partial charge < -0.3 is 0 Å². The van der Waals surface area contributed by atoms with Crippen LogP contribution in [-0.4, -0.2) is 32.3 Å². The van der Waals surface area contributed by atoms with E-state index in [-0.39, 0.29) is 0 Å². The Labute approximate surface area is 154 Å². The SMILES string of the molecule is C[P+](C)(CC[P+](C)(c1ccccc1)c1ccccc1)c1ccccc1. The van der Waals surface area contributed by atoms with Crippen LogP contribution in [0.15, 0.2) is 91.0 Å². The fourth-order valence-corrected chi connectivity index (χ4v) is 10.6. The molecular formula is C23H28P2+2. The van der Waals surface area contributed by atoms with Crippen LogP contribution in [0.4, 0.5) is 0 Å². The Kier molecular flexibility index (Phi) is 5.73. The summed E-state index contributed by atoms with van der Waals surface area (Å²) in [6, 6.07) is 33.4. The lowest BCUT2D eigenvalue weighted by atomic mass is 10.4. The molecule has 0 saturated carbocycles. The second-order valence-corrected chi connectivity index (χ2v) is 15.5. The van der Waals surface area contributed by atoms with E-state index in [0.717, 1.165) is 0 Å². The molecule has 0 nitrogen and oxygen atoms in total. The van der Waals surface area contributed by atoms with Crippen LogP contribution in [-0.2, 0) is 0 Å². The highest BCUT2D eigenvalue weighted by Crippen LogP contribution is 2.58. The average Bonchev–Trinajstić information content (AvgIpc) is 2.68. The average molecular weight is 366 g/mol. The van der Waals surface area contributed by atoms with E-state index in [1.54, 1.807) is 5.30 Å². The fraction of sp³-hybridized carbons (Fsp3) is 0.217. The van der Waals surface area contributed by atoms with Gasteiger partial charge in [0.1, 0.15) is 6.16 Å². The van der Waals surface area contributed by atoms with E-state index in [1.165, 1.54) is 22.9 Å². The van der Waals surface area contributed by atoms with Crippen LogP contribution in [0.1, 0.15) is 0 Å². The van der Waals surface area contributed by atoms with Crippen molar-refractivity contribution in [2.24, 2.45) is 0 Å². The molecule has 2 heteroatoms. The van der Waals surface area contributed by atoms with Crippen LogP contribution in [0, 0.1) is 0 Å². The number of hydrogen-bond acceptors (Lipinski definition) is 0. The highest BCUT2D eigenvalue weighted by molar-refractivity contribution is 7.90. The summed E-state index contributed by atoms with van der Waals surface area (Å²) < 4.78 is 0. The van der Waals surface area contributed by atoms with Gasteiger partial charge >= 0.3 is 0 Å². The van der Waals surface area contributed by atoms with E-state index in [0.29, 0.717) is 0 Å². The second kappa shape index (κ2) is 7.82. The summed E-state index contributed by atoms with van der Waals surface area (Å²) in [5.41, 5.74) is 0. The van der Waals surface area contributed by atoms with Gasteiger partial charge in [-0.3, -0.25) is 0 Å². The number of rotatable bonds is 6. The van der Waals surface area contributed by atoms with Gasteiger partial charge in [-0.25, -0.2) is 0 Å². The zero-order chi connectivity index (χ0) is 17.8. The molecule has 0 radical (unpaired) electrons. The molecule has 0 N–H and O–H groups in total. The normalized spacial score (nSPS) is 12.1. The van der Waals surface area contributed by atoms with Crippen molar-refractivity contribution < 1.29 is 0 Å². The molecule has 0 aromatic heterocycles. The number of benzene rings is 3. The van der Waals surface area contributed by atoms with Crippen LogP contribution < -0.4 is 15.9 Å². The third-order valence-electron chi connectivity index (χ3n) is 5.21. The second-order valence-electron chi connectivity index (χ2n) is 7.33. The largest absolute Gasteiger partial charge is 0.102 e. The molecule has 25 heavy (non-hydrogen) atoms. The molecule has 0 heterocycles. The first-order valence-electron chi connectivity index (χ1n) is 8.88. The Hall–Kier alpha value is -1.48. The van der Waals surface area contributed by atoms with Crippen molar-refractivity contribution in [3.05, 3.63) is 91.0 Å². The first-order chi connectivity index (χ1) is 12.0. The molecule has 0 aliphatic carbocycles. The van der Waals surface area contributed by atoms with Crippen LogP contribution in [0.25, 0.3) is 0 Å². The van der Waals surface area contributed by atoms with Crippen LogP contribution in [0.3, 0.4) is 0 Å². The standard InChI is InChI=1S/C23H28P2/c1-24(2,21-13-7-4-8-14-21)19-20-25(3,22-15-9-5-10-16-22)23-17-11-6-12-18-23/h4-18H,19-20H2,1-3H3/q+2. The van der Waals surface area contributed by atoms with E-state index < -0.39 is 14.5 Å². The van der Waals surface area contributed by atoms with Crippen molar-refractivity contribution in [2.45, 2.75) is 0 Å². The van der Waals surface area contributed by atoms with Crippen molar-refractivity contribution >= 4 is 30.4 Å². The van der Waals surface area contributed by atoms with Gasteiger partial charge in [0.05, 0.1) is 49.3 Å².